The van der Waals surface area contributed by atoms with E-state index in [-0.39, 0.29) is 5.69 Å². The minimum Gasteiger partial charge on any atom is -0.477 e. The number of aromatic carboxylic acids is 1. The molecule has 0 bridgehead atoms. The fourth-order valence-corrected chi connectivity index (χ4v) is 1.95. The summed E-state index contributed by atoms with van der Waals surface area (Å²) in [4.78, 5) is 19.1. The highest BCUT2D eigenvalue weighted by molar-refractivity contribution is 6.08. The van der Waals surface area contributed by atoms with Crippen LogP contribution in [0.1, 0.15) is 10.5 Å². The van der Waals surface area contributed by atoms with Gasteiger partial charge in [0.05, 0.1) is 5.52 Å². The number of nitrogens with zero attached hydrogens (tertiary/aromatic N) is 3. The second-order valence-corrected chi connectivity index (χ2v) is 3.77. The molecule has 0 aromatic carbocycles. The molecule has 0 aliphatic rings. The first-order chi connectivity index (χ1) is 8.08. The van der Waals surface area contributed by atoms with Gasteiger partial charge in [-0.25, -0.2) is 14.8 Å². The molecule has 0 fully saturated rings. The Labute approximate surface area is 94.9 Å². The molecular weight excluding hydrogens is 222 g/mol. The molecule has 3 rings (SSSR count). The fraction of sp³-hybridized carbons (Fsp3) is 0.100. The number of nitrogen functional groups attached to an aromatic ring is 1. The van der Waals surface area contributed by atoms with Crippen LogP contribution >= 0.6 is 0 Å². The third-order valence-electron chi connectivity index (χ3n) is 2.70. The van der Waals surface area contributed by atoms with Gasteiger partial charge in [-0.3, -0.25) is 4.68 Å². The molecule has 0 aliphatic carbocycles. The van der Waals surface area contributed by atoms with Crippen LogP contribution in [0.2, 0.25) is 0 Å². The zero-order valence-electron chi connectivity index (χ0n) is 8.93. The van der Waals surface area contributed by atoms with E-state index in [4.69, 9.17) is 10.8 Å². The van der Waals surface area contributed by atoms with E-state index in [1.807, 2.05) is 0 Å². The van der Waals surface area contributed by atoms with Crippen LogP contribution in [-0.2, 0) is 7.05 Å². The van der Waals surface area contributed by atoms with Gasteiger partial charge in [-0.15, -0.1) is 0 Å². The number of aromatic amines is 1. The van der Waals surface area contributed by atoms with Crippen molar-refractivity contribution < 1.29 is 9.90 Å². The van der Waals surface area contributed by atoms with Crippen molar-refractivity contribution in [3.05, 3.63) is 18.0 Å². The van der Waals surface area contributed by atoms with Gasteiger partial charge < -0.3 is 15.9 Å². The number of fused-ring (bicyclic) bond motifs is 3. The van der Waals surface area contributed by atoms with E-state index in [0.717, 1.165) is 5.39 Å². The number of anilines is 1. The largest absolute Gasteiger partial charge is 0.477 e. The lowest BCUT2D eigenvalue weighted by Crippen LogP contribution is -1.97. The standard InChI is InChI=1S/C10H9N5O2/c1-15-8-4(3-12-15)7-5(14-9(8)11)2-6(13-7)10(16)17/h2-3,12H,11H2,1H3,(H,16,17). The third-order valence-corrected chi connectivity index (χ3v) is 2.70. The lowest BCUT2D eigenvalue weighted by Gasteiger charge is -1.99. The molecule has 17 heavy (non-hydrogen) atoms. The Morgan fingerprint density at radius 3 is 3.00 bits per heavy atom. The molecular formula is C10H9N5O2. The normalized spacial score (nSPS) is 11.4. The Morgan fingerprint density at radius 1 is 1.53 bits per heavy atom. The van der Waals surface area contributed by atoms with Crippen LogP contribution < -0.4 is 5.73 Å². The first kappa shape index (κ1) is 9.64. The number of carbonyl (C=O) groups is 1. The number of nitrogens with two attached hydrogens (primary N) is 1. The number of carboxylic acids is 1. The van der Waals surface area contributed by atoms with E-state index < -0.39 is 5.97 Å². The van der Waals surface area contributed by atoms with E-state index in [2.05, 4.69) is 15.1 Å². The van der Waals surface area contributed by atoms with Crippen LogP contribution in [0.25, 0.3) is 21.9 Å². The average molecular weight is 231 g/mol. The van der Waals surface area contributed by atoms with Crippen molar-refractivity contribution in [1.82, 2.24) is 19.7 Å². The van der Waals surface area contributed by atoms with Crippen LogP contribution in [0.15, 0.2) is 12.3 Å². The molecule has 0 radical (unpaired) electrons. The van der Waals surface area contributed by atoms with Crippen LogP contribution in [0.4, 0.5) is 5.82 Å². The summed E-state index contributed by atoms with van der Waals surface area (Å²) >= 11 is 0. The highest BCUT2D eigenvalue weighted by atomic mass is 16.4. The van der Waals surface area contributed by atoms with E-state index in [9.17, 15) is 4.79 Å². The molecule has 0 amide bonds. The van der Waals surface area contributed by atoms with Gasteiger partial charge in [0.25, 0.3) is 0 Å². The second-order valence-electron chi connectivity index (χ2n) is 3.77. The Balaban J connectivity index is 2.50. The SMILES string of the molecule is Cn1[nH]cc2c3nc(C(=O)O)cc3nc(N)c21. The van der Waals surface area contributed by atoms with E-state index in [1.54, 1.807) is 17.9 Å². The highest BCUT2D eigenvalue weighted by Gasteiger charge is 2.15. The number of rotatable bonds is 1. The van der Waals surface area contributed by atoms with Crippen molar-refractivity contribution in [2.24, 2.45) is 7.05 Å². The second kappa shape index (κ2) is 2.97. The maximum absolute atomic E-state index is 10.9. The quantitative estimate of drug-likeness (QED) is 0.571. The minimum atomic E-state index is -1.07. The van der Waals surface area contributed by atoms with Gasteiger partial charge in [-0.2, -0.15) is 0 Å². The number of aryl methyl sites for hydroxylation is 1. The van der Waals surface area contributed by atoms with Gasteiger partial charge in [-0.1, -0.05) is 0 Å². The summed E-state index contributed by atoms with van der Waals surface area (Å²) in [6, 6.07) is 1.42. The smallest absolute Gasteiger partial charge is 0.354 e. The minimum absolute atomic E-state index is 0.0248. The molecule has 0 atom stereocenters. The summed E-state index contributed by atoms with van der Waals surface area (Å²) in [5, 5.41) is 12.6. The zero-order chi connectivity index (χ0) is 12.2. The fourth-order valence-electron chi connectivity index (χ4n) is 1.95. The molecule has 0 saturated heterocycles. The van der Waals surface area contributed by atoms with Crippen LogP contribution in [0.5, 0.6) is 0 Å². The predicted octanol–water partition coefficient (Wildman–Crippen LogP) is 0.730. The molecule has 7 heteroatoms. The van der Waals surface area contributed by atoms with E-state index in [1.165, 1.54) is 6.07 Å². The molecule has 7 nitrogen and oxygen atoms in total. The summed E-state index contributed by atoms with van der Waals surface area (Å²) in [7, 11) is 1.80. The number of nitrogens with one attached hydrogen (secondary N) is 1. The molecule has 0 aliphatic heterocycles. The Morgan fingerprint density at radius 2 is 2.29 bits per heavy atom. The number of hydrogen-bond donors (Lipinski definition) is 3. The molecule has 4 N–H and O–H groups in total. The third kappa shape index (κ3) is 1.19. The molecule has 3 aromatic rings. The summed E-state index contributed by atoms with van der Waals surface area (Å²) in [5.41, 5.74) is 7.55. The Kier molecular flexibility index (Phi) is 1.68. The van der Waals surface area contributed by atoms with Gasteiger partial charge in [0, 0.05) is 18.6 Å². The lowest BCUT2D eigenvalue weighted by molar-refractivity contribution is 0.0691. The molecule has 0 spiro atoms. The van der Waals surface area contributed by atoms with Crippen molar-refractivity contribution in [2.75, 3.05) is 5.73 Å². The number of H-pyrrole nitrogens is 1. The van der Waals surface area contributed by atoms with Gasteiger partial charge in [-0.05, 0) is 6.07 Å². The van der Waals surface area contributed by atoms with Gasteiger partial charge >= 0.3 is 5.97 Å². The van der Waals surface area contributed by atoms with Crippen LogP contribution in [0, 0.1) is 0 Å². The van der Waals surface area contributed by atoms with Gasteiger partial charge in [0.15, 0.2) is 5.69 Å². The summed E-state index contributed by atoms with van der Waals surface area (Å²) in [6.45, 7) is 0. The number of pyridine rings is 1. The Hall–Kier alpha value is -2.57. The van der Waals surface area contributed by atoms with E-state index >= 15 is 0 Å². The first-order valence-electron chi connectivity index (χ1n) is 4.91. The monoisotopic (exact) mass is 231 g/mol. The predicted molar refractivity (Wildman–Crippen MR) is 61.7 cm³/mol. The van der Waals surface area contributed by atoms with Crippen molar-refractivity contribution in [2.45, 2.75) is 0 Å². The molecule has 86 valence electrons. The molecule has 3 heterocycles. The highest BCUT2D eigenvalue weighted by Crippen LogP contribution is 2.27. The van der Waals surface area contributed by atoms with Crippen molar-refractivity contribution in [3.8, 4) is 0 Å². The summed E-state index contributed by atoms with van der Waals surface area (Å²) in [5.74, 6) is -0.727. The van der Waals surface area contributed by atoms with Gasteiger partial charge in [0.1, 0.15) is 16.9 Å². The zero-order valence-corrected chi connectivity index (χ0v) is 8.93. The van der Waals surface area contributed by atoms with Crippen LogP contribution in [0.3, 0.4) is 0 Å². The summed E-state index contributed by atoms with van der Waals surface area (Å²) < 4.78 is 1.71. The molecule has 0 unspecified atom stereocenters. The Bertz CT molecular complexity index is 755. The van der Waals surface area contributed by atoms with Crippen molar-refractivity contribution >= 4 is 33.7 Å². The average Bonchev–Trinajstić information content (AvgIpc) is 2.82. The summed E-state index contributed by atoms with van der Waals surface area (Å²) in [6.07, 6.45) is 1.73. The molecule has 0 saturated carbocycles. The van der Waals surface area contributed by atoms with Crippen LogP contribution in [-0.4, -0.2) is 30.8 Å². The first-order valence-corrected chi connectivity index (χ1v) is 4.91. The maximum Gasteiger partial charge on any atom is 0.354 e. The van der Waals surface area contributed by atoms with Gasteiger partial charge in [0.2, 0.25) is 0 Å². The van der Waals surface area contributed by atoms with Crippen molar-refractivity contribution in [1.29, 1.82) is 0 Å². The lowest BCUT2D eigenvalue weighted by atomic mass is 10.2. The number of hydrogen-bond acceptors (Lipinski definition) is 4. The van der Waals surface area contributed by atoms with E-state index in [0.29, 0.717) is 22.4 Å². The topological polar surface area (TPSA) is 110 Å². The maximum atomic E-state index is 10.9. The number of aromatic nitrogens is 4. The van der Waals surface area contributed by atoms with Crippen molar-refractivity contribution in [3.63, 3.8) is 0 Å². The molecule has 3 aromatic heterocycles. The number of carboxylic acid groups (broad SMARTS) is 1.